The van der Waals surface area contributed by atoms with E-state index in [0.717, 1.165) is 12.8 Å². The highest BCUT2D eigenvalue weighted by Crippen LogP contribution is 2.45. The molecule has 3 fully saturated rings. The fraction of sp³-hybridized carbons (Fsp3) is 1.00. The molecule has 0 amide bonds. The van der Waals surface area contributed by atoms with E-state index in [-0.39, 0.29) is 0 Å². The lowest BCUT2D eigenvalue weighted by Gasteiger charge is -2.53. The molecule has 0 aromatic carbocycles. The van der Waals surface area contributed by atoms with Gasteiger partial charge in [-0.25, -0.2) is 0 Å². The largest absolute Gasteiger partial charge is 0.511 e. The molecule has 0 saturated carbocycles. The van der Waals surface area contributed by atoms with Gasteiger partial charge in [-0.15, -0.1) is 0 Å². The standard InChI is InChI=1S/C13H24O7Si/c1-4-5-12-6-8-16-13(7-9-17-13)20-21(15-3,19-12)10-11(14-2)18-12/h11H,4-10H2,1-3H3. The van der Waals surface area contributed by atoms with Crippen LogP contribution in [0, 0.1) is 0 Å². The highest BCUT2D eigenvalue weighted by atomic mass is 28.4. The third-order valence-electron chi connectivity index (χ3n) is 4.16. The van der Waals surface area contributed by atoms with Crippen molar-refractivity contribution in [3.8, 4) is 0 Å². The second-order valence-electron chi connectivity index (χ2n) is 5.62. The van der Waals surface area contributed by atoms with Gasteiger partial charge < -0.3 is 32.2 Å². The lowest BCUT2D eigenvalue weighted by Crippen LogP contribution is -2.68. The first kappa shape index (κ1) is 15.8. The van der Waals surface area contributed by atoms with Crippen LogP contribution < -0.4 is 0 Å². The van der Waals surface area contributed by atoms with Crippen molar-refractivity contribution in [1.29, 1.82) is 0 Å². The summed E-state index contributed by atoms with van der Waals surface area (Å²) in [5.74, 6) is -1.77. The molecular formula is C13H24O7Si. The predicted octanol–water partition coefficient (Wildman–Crippen LogP) is 1.60. The van der Waals surface area contributed by atoms with Gasteiger partial charge in [0.2, 0.25) is 0 Å². The normalized spacial score (nSPS) is 46.7. The van der Waals surface area contributed by atoms with Crippen molar-refractivity contribution in [2.24, 2.45) is 0 Å². The van der Waals surface area contributed by atoms with Gasteiger partial charge in [0.15, 0.2) is 12.1 Å². The van der Waals surface area contributed by atoms with Gasteiger partial charge in [-0.3, -0.25) is 0 Å². The lowest BCUT2D eigenvalue weighted by molar-refractivity contribution is -0.439. The summed E-state index contributed by atoms with van der Waals surface area (Å²) in [6.07, 6.45) is 2.56. The Morgan fingerprint density at radius 3 is 2.48 bits per heavy atom. The molecule has 0 N–H and O–H groups in total. The Hall–Kier alpha value is -0.0631. The Morgan fingerprint density at radius 1 is 1.14 bits per heavy atom. The first-order valence-corrected chi connectivity index (χ1v) is 9.46. The zero-order valence-electron chi connectivity index (χ0n) is 12.9. The van der Waals surface area contributed by atoms with E-state index in [0.29, 0.717) is 32.1 Å². The molecule has 0 aromatic rings. The van der Waals surface area contributed by atoms with Crippen molar-refractivity contribution in [2.75, 3.05) is 27.4 Å². The first-order valence-electron chi connectivity index (χ1n) is 7.53. The monoisotopic (exact) mass is 320 g/mol. The second kappa shape index (κ2) is 5.86. The molecule has 4 unspecified atom stereocenters. The summed E-state index contributed by atoms with van der Waals surface area (Å²) in [4.78, 5) is 0. The van der Waals surface area contributed by atoms with Gasteiger partial charge in [0.25, 0.3) is 5.97 Å². The molecular weight excluding hydrogens is 296 g/mol. The van der Waals surface area contributed by atoms with Crippen molar-refractivity contribution >= 4 is 8.80 Å². The van der Waals surface area contributed by atoms with E-state index in [4.69, 9.17) is 32.2 Å². The summed E-state index contributed by atoms with van der Waals surface area (Å²) in [7, 11) is 0.242. The molecule has 3 heterocycles. The van der Waals surface area contributed by atoms with Crippen molar-refractivity contribution in [3.05, 3.63) is 0 Å². The fourth-order valence-electron chi connectivity index (χ4n) is 3.01. The Kier molecular flexibility index (Phi) is 4.41. The average Bonchev–Trinajstić information content (AvgIpc) is 2.43. The smallest absolute Gasteiger partial charge is 0.377 e. The number of fused-ring (bicyclic) bond motifs is 2. The average molecular weight is 320 g/mol. The van der Waals surface area contributed by atoms with Crippen molar-refractivity contribution in [2.45, 2.75) is 56.7 Å². The van der Waals surface area contributed by atoms with Crippen LogP contribution in [-0.2, 0) is 32.2 Å². The summed E-state index contributed by atoms with van der Waals surface area (Å²) in [5, 5.41) is 0. The molecule has 0 radical (unpaired) electrons. The van der Waals surface area contributed by atoms with Gasteiger partial charge >= 0.3 is 8.80 Å². The zero-order chi connectivity index (χ0) is 15.0. The van der Waals surface area contributed by atoms with E-state index in [1.807, 2.05) is 0 Å². The van der Waals surface area contributed by atoms with Crippen molar-refractivity contribution in [1.82, 2.24) is 0 Å². The van der Waals surface area contributed by atoms with Crippen LogP contribution in [0.3, 0.4) is 0 Å². The third kappa shape index (κ3) is 2.91. The number of methoxy groups -OCH3 is 1. The minimum atomic E-state index is -2.99. The molecule has 3 aliphatic rings. The first-order chi connectivity index (χ1) is 10.1. The molecule has 122 valence electrons. The third-order valence-corrected chi connectivity index (χ3v) is 6.92. The number of hydrogen-bond acceptors (Lipinski definition) is 7. The fourth-order valence-corrected chi connectivity index (χ4v) is 5.73. The molecule has 8 heteroatoms. The van der Waals surface area contributed by atoms with E-state index in [2.05, 4.69) is 6.92 Å². The number of rotatable bonds is 4. The highest BCUT2D eigenvalue weighted by Gasteiger charge is 2.62. The Balaban J connectivity index is 1.89. The maximum absolute atomic E-state index is 6.29. The highest BCUT2D eigenvalue weighted by molar-refractivity contribution is 6.61. The molecule has 3 saturated heterocycles. The summed E-state index contributed by atoms with van der Waals surface area (Å²) >= 11 is 0. The van der Waals surface area contributed by atoms with Crippen LogP contribution in [0.5, 0.6) is 0 Å². The summed E-state index contributed by atoms with van der Waals surface area (Å²) in [6, 6.07) is 0.430. The summed E-state index contributed by atoms with van der Waals surface area (Å²) in [5.41, 5.74) is 0. The van der Waals surface area contributed by atoms with Gasteiger partial charge in [-0.05, 0) is 0 Å². The van der Waals surface area contributed by atoms with Gasteiger partial charge in [0, 0.05) is 27.1 Å². The molecule has 2 bridgehead atoms. The van der Waals surface area contributed by atoms with Gasteiger partial charge in [0.05, 0.1) is 25.7 Å². The molecule has 7 nitrogen and oxygen atoms in total. The molecule has 21 heavy (non-hydrogen) atoms. The molecule has 3 rings (SSSR count). The SMILES string of the molecule is CCCC12CCOC3(CCO3)O[Si](OC)(CC(OC)O1)O2. The van der Waals surface area contributed by atoms with Crippen LogP contribution in [0.4, 0.5) is 0 Å². The molecule has 1 spiro atoms. The Labute approximate surface area is 126 Å². The maximum Gasteiger partial charge on any atom is 0.511 e. The van der Waals surface area contributed by atoms with Crippen molar-refractivity contribution < 1.29 is 32.2 Å². The van der Waals surface area contributed by atoms with Crippen LogP contribution >= 0.6 is 0 Å². The molecule has 0 aromatic heterocycles. The topological polar surface area (TPSA) is 64.6 Å². The van der Waals surface area contributed by atoms with Crippen LogP contribution in [0.2, 0.25) is 6.04 Å². The van der Waals surface area contributed by atoms with E-state index in [9.17, 15) is 0 Å². The van der Waals surface area contributed by atoms with Gasteiger partial charge in [-0.1, -0.05) is 13.3 Å². The van der Waals surface area contributed by atoms with E-state index < -0.39 is 26.9 Å². The van der Waals surface area contributed by atoms with Crippen LogP contribution in [-0.4, -0.2) is 54.3 Å². The van der Waals surface area contributed by atoms with Crippen molar-refractivity contribution in [3.63, 3.8) is 0 Å². The van der Waals surface area contributed by atoms with Gasteiger partial charge in [0.1, 0.15) is 0 Å². The predicted molar refractivity (Wildman–Crippen MR) is 73.1 cm³/mol. The Morgan fingerprint density at radius 2 is 1.90 bits per heavy atom. The summed E-state index contributed by atoms with van der Waals surface area (Å²) < 4.78 is 40.9. The second-order valence-corrected chi connectivity index (χ2v) is 8.21. The van der Waals surface area contributed by atoms with E-state index >= 15 is 0 Å². The lowest BCUT2D eigenvalue weighted by atomic mass is 10.1. The van der Waals surface area contributed by atoms with E-state index in [1.165, 1.54) is 0 Å². The van der Waals surface area contributed by atoms with Crippen LogP contribution in [0.25, 0.3) is 0 Å². The van der Waals surface area contributed by atoms with Crippen LogP contribution in [0.15, 0.2) is 0 Å². The molecule has 3 aliphatic heterocycles. The van der Waals surface area contributed by atoms with E-state index in [1.54, 1.807) is 14.2 Å². The Bertz CT molecular complexity index is 378. The quantitative estimate of drug-likeness (QED) is 0.729. The number of hydrogen-bond donors (Lipinski definition) is 0. The van der Waals surface area contributed by atoms with Crippen LogP contribution in [0.1, 0.15) is 32.6 Å². The minimum Gasteiger partial charge on any atom is -0.377 e. The molecule has 0 aliphatic carbocycles. The number of ether oxygens (including phenoxy) is 4. The summed E-state index contributed by atoms with van der Waals surface area (Å²) in [6.45, 7) is 3.16. The molecule has 4 atom stereocenters. The minimum absolute atomic E-state index is 0.396. The maximum atomic E-state index is 6.29. The zero-order valence-corrected chi connectivity index (χ0v) is 13.9. The van der Waals surface area contributed by atoms with Gasteiger partial charge in [-0.2, -0.15) is 0 Å².